The van der Waals surface area contributed by atoms with Crippen molar-refractivity contribution in [2.45, 2.75) is 58.3 Å². The third-order valence-electron chi connectivity index (χ3n) is 8.24. The average Bonchev–Trinajstić information content (AvgIpc) is 3.68. The molecule has 48 heavy (non-hydrogen) atoms. The van der Waals surface area contributed by atoms with E-state index in [4.69, 9.17) is 14.5 Å². The lowest BCUT2D eigenvalue weighted by molar-refractivity contribution is -0.142. The SMILES string of the molecule is CCCCn1c(-c2ccccc2)nc(-c2ccccc2)c1CN(Cc1ccc2c(c1)OCO2)Cc1cc(C(F)(F)F)ccc1C(F)(F)F. The first-order valence-corrected chi connectivity index (χ1v) is 15.6. The third-order valence-corrected chi connectivity index (χ3v) is 8.24. The van der Waals surface area contributed by atoms with Crippen LogP contribution in [0, 0.1) is 0 Å². The standard InChI is InChI=1S/C37H33F6N3O2/c1-2-3-18-46-31(34(26-10-6-4-7-11-26)44-35(46)27-12-8-5-9-13-27)23-45(21-25-14-17-32-33(19-25)48-24-47-32)22-28-20-29(36(38,39)40)15-16-30(28)37(41,42)43/h4-17,19-20H,2-3,18,21-24H2,1H3. The largest absolute Gasteiger partial charge is 0.454 e. The van der Waals surface area contributed by atoms with E-state index in [9.17, 15) is 26.3 Å². The van der Waals surface area contributed by atoms with Crippen LogP contribution < -0.4 is 9.47 Å². The number of hydrogen-bond acceptors (Lipinski definition) is 4. The second-order valence-electron chi connectivity index (χ2n) is 11.7. The fourth-order valence-corrected chi connectivity index (χ4v) is 5.93. The van der Waals surface area contributed by atoms with Gasteiger partial charge in [-0.15, -0.1) is 0 Å². The molecule has 0 fully saturated rings. The van der Waals surface area contributed by atoms with E-state index in [0.29, 0.717) is 53.3 Å². The Morgan fingerprint density at radius 3 is 2.08 bits per heavy atom. The first-order chi connectivity index (χ1) is 23.0. The van der Waals surface area contributed by atoms with Gasteiger partial charge in [-0.2, -0.15) is 26.3 Å². The number of imidazole rings is 1. The number of benzene rings is 4. The quantitative estimate of drug-likeness (QED) is 0.132. The van der Waals surface area contributed by atoms with Crippen molar-refractivity contribution in [1.29, 1.82) is 0 Å². The van der Waals surface area contributed by atoms with Gasteiger partial charge >= 0.3 is 12.4 Å². The summed E-state index contributed by atoms with van der Waals surface area (Å²) >= 11 is 0. The molecule has 0 unspecified atom stereocenters. The maximum absolute atomic E-state index is 14.3. The summed E-state index contributed by atoms with van der Waals surface area (Å²) < 4.78 is 97.3. The summed E-state index contributed by atoms with van der Waals surface area (Å²) in [4.78, 5) is 6.82. The molecule has 5 aromatic rings. The van der Waals surface area contributed by atoms with Gasteiger partial charge in [-0.3, -0.25) is 4.90 Å². The molecule has 0 aliphatic carbocycles. The highest BCUT2D eigenvalue weighted by atomic mass is 19.4. The Bertz CT molecular complexity index is 1850. The number of halogens is 6. The minimum atomic E-state index is -4.86. The molecule has 4 aromatic carbocycles. The van der Waals surface area contributed by atoms with Gasteiger partial charge in [-0.1, -0.05) is 80.1 Å². The first-order valence-electron chi connectivity index (χ1n) is 15.6. The van der Waals surface area contributed by atoms with E-state index >= 15 is 0 Å². The third kappa shape index (κ3) is 7.36. The van der Waals surface area contributed by atoms with Crippen LogP contribution in [0.25, 0.3) is 22.6 Å². The van der Waals surface area contributed by atoms with Crippen molar-refractivity contribution in [3.05, 3.63) is 125 Å². The van der Waals surface area contributed by atoms with Crippen LogP contribution in [0.1, 0.15) is 47.7 Å². The molecule has 5 nitrogen and oxygen atoms in total. The number of aromatic nitrogens is 2. The highest BCUT2D eigenvalue weighted by molar-refractivity contribution is 5.68. The van der Waals surface area contributed by atoms with Crippen LogP contribution in [-0.4, -0.2) is 21.2 Å². The van der Waals surface area contributed by atoms with Gasteiger partial charge in [0.1, 0.15) is 5.82 Å². The van der Waals surface area contributed by atoms with Gasteiger partial charge in [0.25, 0.3) is 0 Å². The molecule has 0 saturated carbocycles. The van der Waals surface area contributed by atoms with Crippen molar-refractivity contribution in [1.82, 2.24) is 14.5 Å². The lowest BCUT2D eigenvalue weighted by Gasteiger charge is -2.26. The summed E-state index contributed by atoms with van der Waals surface area (Å²) in [6.07, 6.45) is -7.98. The molecule has 250 valence electrons. The van der Waals surface area contributed by atoms with E-state index in [-0.39, 0.29) is 19.9 Å². The molecule has 1 aliphatic rings. The number of rotatable bonds is 11. The van der Waals surface area contributed by atoms with Crippen molar-refractivity contribution in [2.75, 3.05) is 6.79 Å². The summed E-state index contributed by atoms with van der Waals surface area (Å²) in [6.45, 7) is 2.48. The van der Waals surface area contributed by atoms with Crippen LogP contribution in [0.3, 0.4) is 0 Å². The van der Waals surface area contributed by atoms with Crippen molar-refractivity contribution < 1.29 is 35.8 Å². The average molecular weight is 666 g/mol. The lowest BCUT2D eigenvalue weighted by atomic mass is 10.0. The Morgan fingerprint density at radius 2 is 1.42 bits per heavy atom. The van der Waals surface area contributed by atoms with Gasteiger partial charge in [0.2, 0.25) is 6.79 Å². The van der Waals surface area contributed by atoms with Crippen molar-refractivity contribution in [3.63, 3.8) is 0 Å². The molecule has 0 spiro atoms. The second kappa shape index (κ2) is 13.8. The van der Waals surface area contributed by atoms with Crippen LogP contribution in [-0.2, 0) is 38.5 Å². The maximum atomic E-state index is 14.3. The van der Waals surface area contributed by atoms with E-state index in [0.717, 1.165) is 29.7 Å². The van der Waals surface area contributed by atoms with E-state index in [2.05, 4.69) is 11.5 Å². The molecule has 0 bridgehead atoms. The number of hydrogen-bond donors (Lipinski definition) is 0. The molecule has 11 heteroatoms. The topological polar surface area (TPSA) is 39.5 Å². The number of alkyl halides is 6. The fourth-order valence-electron chi connectivity index (χ4n) is 5.93. The normalized spacial score (nSPS) is 13.0. The first kappa shape index (κ1) is 33.1. The molecule has 2 heterocycles. The van der Waals surface area contributed by atoms with Crippen LogP contribution in [0.15, 0.2) is 97.1 Å². The second-order valence-corrected chi connectivity index (χ2v) is 11.7. The summed E-state index contributed by atoms with van der Waals surface area (Å²) in [5.74, 6) is 1.74. The summed E-state index contributed by atoms with van der Waals surface area (Å²) in [6, 6.07) is 26.0. The number of nitrogens with zero attached hydrogens (tertiary/aromatic N) is 3. The monoisotopic (exact) mass is 665 g/mol. The molecule has 0 amide bonds. The van der Waals surface area contributed by atoms with E-state index in [1.165, 1.54) is 0 Å². The highest BCUT2D eigenvalue weighted by Gasteiger charge is 2.37. The van der Waals surface area contributed by atoms with Crippen LogP contribution >= 0.6 is 0 Å². The van der Waals surface area contributed by atoms with E-state index < -0.39 is 35.6 Å². The molecule has 0 radical (unpaired) electrons. The van der Waals surface area contributed by atoms with E-state index in [1.54, 1.807) is 23.1 Å². The molecule has 0 N–H and O–H groups in total. The molecular weight excluding hydrogens is 632 g/mol. The van der Waals surface area contributed by atoms with Crippen LogP contribution in [0.5, 0.6) is 11.5 Å². The van der Waals surface area contributed by atoms with E-state index in [1.807, 2.05) is 60.7 Å². The molecule has 1 aliphatic heterocycles. The summed E-state index contributed by atoms with van der Waals surface area (Å²) in [5.41, 5.74) is 1.06. The Kier molecular flexibility index (Phi) is 9.50. The minimum absolute atomic E-state index is 0.0426. The Hall–Kier alpha value is -4.77. The predicted molar refractivity (Wildman–Crippen MR) is 170 cm³/mol. The molecule has 1 aromatic heterocycles. The number of ether oxygens (including phenoxy) is 2. The smallest absolute Gasteiger partial charge is 0.416 e. The predicted octanol–water partition coefficient (Wildman–Crippen LogP) is 9.99. The number of unbranched alkanes of at least 4 members (excludes halogenated alkanes) is 1. The zero-order valence-corrected chi connectivity index (χ0v) is 26.1. The Morgan fingerprint density at radius 1 is 0.729 bits per heavy atom. The van der Waals surface area contributed by atoms with Crippen molar-refractivity contribution >= 4 is 0 Å². The van der Waals surface area contributed by atoms with Gasteiger partial charge in [-0.25, -0.2) is 4.98 Å². The Balaban J connectivity index is 1.50. The van der Waals surface area contributed by atoms with Gasteiger partial charge in [0.15, 0.2) is 11.5 Å². The van der Waals surface area contributed by atoms with Crippen molar-refractivity contribution in [3.8, 4) is 34.1 Å². The highest BCUT2D eigenvalue weighted by Crippen LogP contribution is 2.39. The van der Waals surface area contributed by atoms with Crippen LogP contribution in [0.4, 0.5) is 26.3 Å². The van der Waals surface area contributed by atoms with Crippen LogP contribution in [0.2, 0.25) is 0 Å². The lowest BCUT2D eigenvalue weighted by Crippen LogP contribution is -2.26. The van der Waals surface area contributed by atoms with Gasteiger partial charge in [0.05, 0.1) is 22.5 Å². The molecule has 6 rings (SSSR count). The maximum Gasteiger partial charge on any atom is 0.416 e. The number of fused-ring (bicyclic) bond motifs is 1. The zero-order valence-electron chi connectivity index (χ0n) is 26.1. The van der Waals surface area contributed by atoms with Crippen molar-refractivity contribution in [2.24, 2.45) is 0 Å². The minimum Gasteiger partial charge on any atom is -0.454 e. The fraction of sp³-hybridized carbons (Fsp3) is 0.270. The molecular formula is C37H33F6N3O2. The van der Waals surface area contributed by atoms with Gasteiger partial charge < -0.3 is 14.0 Å². The molecule has 0 saturated heterocycles. The summed E-state index contributed by atoms with van der Waals surface area (Å²) in [5, 5.41) is 0. The zero-order chi connectivity index (χ0) is 33.9. The van der Waals surface area contributed by atoms with Gasteiger partial charge in [0, 0.05) is 37.3 Å². The van der Waals surface area contributed by atoms with Gasteiger partial charge in [-0.05, 0) is 47.9 Å². The summed E-state index contributed by atoms with van der Waals surface area (Å²) in [7, 11) is 0. The molecule has 0 atom stereocenters. The Labute approximate surface area is 274 Å².